The summed E-state index contributed by atoms with van der Waals surface area (Å²) in [5, 5.41) is 1.29. The van der Waals surface area contributed by atoms with E-state index in [0.717, 1.165) is 31.9 Å². The van der Waals surface area contributed by atoms with Gasteiger partial charge in [-0.25, -0.2) is 4.79 Å². The molecule has 3 aromatic rings. The number of carbonyl (C=O) groups is 1. The van der Waals surface area contributed by atoms with Crippen molar-refractivity contribution in [2.24, 2.45) is 0 Å². The van der Waals surface area contributed by atoms with Crippen LogP contribution in [-0.4, -0.2) is 42.7 Å². The van der Waals surface area contributed by atoms with Crippen LogP contribution < -0.4 is 9.64 Å². The Hall–Kier alpha value is -2.73. The monoisotopic (exact) mass is 526 g/mol. The summed E-state index contributed by atoms with van der Waals surface area (Å²) in [6, 6.07) is 24.2. The summed E-state index contributed by atoms with van der Waals surface area (Å²) in [7, 11) is 0. The molecule has 0 unspecified atom stereocenters. The van der Waals surface area contributed by atoms with E-state index in [1.54, 1.807) is 26.8 Å². The van der Waals surface area contributed by atoms with Crippen LogP contribution in [-0.2, 0) is 16.1 Å². The van der Waals surface area contributed by atoms with Gasteiger partial charge in [0.15, 0.2) is 5.60 Å². The number of nitrogens with zero attached hydrogens (tertiary/aromatic N) is 2. The maximum absolute atomic E-state index is 12.3. The lowest BCUT2D eigenvalue weighted by molar-refractivity contribution is -0.158. The van der Waals surface area contributed by atoms with Gasteiger partial charge >= 0.3 is 5.97 Å². The van der Waals surface area contributed by atoms with Gasteiger partial charge in [0.05, 0.1) is 23.4 Å². The first-order valence-corrected chi connectivity index (χ1v) is 13.0. The zero-order chi connectivity index (χ0) is 25.7. The zero-order valence-electron chi connectivity index (χ0n) is 20.9. The van der Waals surface area contributed by atoms with Gasteiger partial charge in [0.1, 0.15) is 5.75 Å². The van der Waals surface area contributed by atoms with E-state index in [0.29, 0.717) is 22.4 Å². The summed E-state index contributed by atoms with van der Waals surface area (Å²) in [5.41, 5.74) is 2.29. The second-order valence-corrected chi connectivity index (χ2v) is 10.3. The molecule has 0 N–H and O–H groups in total. The van der Waals surface area contributed by atoms with E-state index in [-0.39, 0.29) is 6.04 Å². The molecule has 0 radical (unpaired) electrons. The minimum atomic E-state index is -1.12. The molecule has 0 bridgehead atoms. The van der Waals surface area contributed by atoms with E-state index in [1.807, 2.05) is 30.3 Å². The molecule has 1 aliphatic heterocycles. The van der Waals surface area contributed by atoms with E-state index in [9.17, 15) is 4.79 Å². The topological polar surface area (TPSA) is 42.0 Å². The molecule has 5 nitrogen and oxygen atoms in total. The molecule has 3 aromatic carbocycles. The Labute approximate surface area is 223 Å². The fraction of sp³-hybridized carbons (Fsp3) is 0.345. The Balaban J connectivity index is 1.57. The number of anilines is 1. The van der Waals surface area contributed by atoms with Crippen LogP contribution in [0.3, 0.4) is 0 Å². The maximum atomic E-state index is 12.3. The number of piperazine rings is 1. The van der Waals surface area contributed by atoms with Gasteiger partial charge < -0.3 is 14.4 Å². The summed E-state index contributed by atoms with van der Waals surface area (Å²) in [4.78, 5) is 17.1. The molecule has 36 heavy (non-hydrogen) atoms. The van der Waals surface area contributed by atoms with Crippen molar-refractivity contribution < 1.29 is 14.3 Å². The first-order valence-electron chi connectivity index (χ1n) is 12.2. The zero-order valence-corrected chi connectivity index (χ0v) is 22.4. The van der Waals surface area contributed by atoms with Crippen molar-refractivity contribution in [3.05, 3.63) is 94.0 Å². The second-order valence-electron chi connectivity index (χ2n) is 9.43. The van der Waals surface area contributed by atoms with Gasteiger partial charge in [-0.05, 0) is 56.2 Å². The van der Waals surface area contributed by atoms with Crippen LogP contribution in [0.4, 0.5) is 5.69 Å². The minimum absolute atomic E-state index is 0.0972. The van der Waals surface area contributed by atoms with E-state index in [1.165, 1.54) is 11.1 Å². The summed E-state index contributed by atoms with van der Waals surface area (Å²) in [5.74, 6) is 0.107. The molecule has 0 amide bonds. The summed E-state index contributed by atoms with van der Waals surface area (Å²) < 4.78 is 11.1. The fourth-order valence-corrected chi connectivity index (χ4v) is 4.91. The Morgan fingerprint density at radius 2 is 1.72 bits per heavy atom. The number of hydrogen-bond acceptors (Lipinski definition) is 5. The molecule has 1 aliphatic rings. The lowest BCUT2D eigenvalue weighted by atomic mass is 10.0. The fourth-order valence-electron chi connectivity index (χ4n) is 4.51. The smallest absolute Gasteiger partial charge is 0.349 e. The van der Waals surface area contributed by atoms with Crippen LogP contribution in [0.1, 0.15) is 37.9 Å². The highest BCUT2D eigenvalue weighted by Gasteiger charge is 2.33. The van der Waals surface area contributed by atoms with Gasteiger partial charge in [0.25, 0.3) is 0 Å². The van der Waals surface area contributed by atoms with Gasteiger partial charge in [0.2, 0.25) is 0 Å². The number of hydrogen-bond donors (Lipinski definition) is 0. The molecular weight excluding hydrogens is 495 g/mol. The lowest BCUT2D eigenvalue weighted by Gasteiger charge is -2.43. The average molecular weight is 527 g/mol. The third-order valence-corrected chi connectivity index (χ3v) is 6.89. The molecule has 7 heteroatoms. The van der Waals surface area contributed by atoms with Crippen molar-refractivity contribution in [1.82, 2.24) is 4.90 Å². The minimum Gasteiger partial charge on any atom is -0.476 e. The Morgan fingerprint density at radius 3 is 2.39 bits per heavy atom. The van der Waals surface area contributed by atoms with Crippen molar-refractivity contribution in [2.45, 2.75) is 39.0 Å². The summed E-state index contributed by atoms with van der Waals surface area (Å²) in [6.45, 7) is 8.91. The first kappa shape index (κ1) is 26.3. The predicted molar refractivity (Wildman–Crippen MR) is 146 cm³/mol. The third kappa shape index (κ3) is 6.33. The third-order valence-electron chi connectivity index (χ3n) is 6.34. The van der Waals surface area contributed by atoms with Crippen molar-refractivity contribution >= 4 is 34.9 Å². The van der Waals surface area contributed by atoms with Crippen molar-refractivity contribution in [2.75, 3.05) is 31.1 Å². The van der Waals surface area contributed by atoms with Crippen LogP contribution in [0.25, 0.3) is 0 Å². The number of ether oxygens (including phenoxy) is 2. The normalized spacial score (nSPS) is 16.6. The Kier molecular flexibility index (Phi) is 8.45. The molecule has 0 aromatic heterocycles. The number of rotatable bonds is 8. The van der Waals surface area contributed by atoms with E-state index in [4.69, 9.17) is 32.7 Å². The van der Waals surface area contributed by atoms with Crippen molar-refractivity contribution in [1.29, 1.82) is 0 Å². The largest absolute Gasteiger partial charge is 0.476 e. The molecule has 0 saturated carbocycles. The molecular formula is C29H32Cl2N2O3. The first-order chi connectivity index (χ1) is 17.3. The molecule has 1 saturated heterocycles. The van der Waals surface area contributed by atoms with Crippen LogP contribution in [0.2, 0.25) is 10.0 Å². The van der Waals surface area contributed by atoms with Gasteiger partial charge in [-0.15, -0.1) is 0 Å². The predicted octanol–water partition coefficient (Wildman–Crippen LogP) is 6.78. The molecule has 0 aliphatic carbocycles. The average Bonchev–Trinajstić information content (AvgIpc) is 2.85. The lowest BCUT2D eigenvalue weighted by Crippen LogP contribution is -2.48. The standard InChI is InChI=1S/C29H32Cl2N2O3/c1-4-35-28(34)29(2,3)36-24-14-15-26(25(31)18-24)33-17-16-32(19-21-8-6-5-7-9-21)20-27(33)22-10-12-23(30)13-11-22/h5-15,18,27H,4,16-17,19-20H2,1-3H3/t27-/m0/s1. The Morgan fingerprint density at radius 1 is 1.00 bits per heavy atom. The maximum Gasteiger partial charge on any atom is 0.349 e. The van der Waals surface area contributed by atoms with Gasteiger partial charge in [-0.2, -0.15) is 0 Å². The quantitative estimate of drug-likeness (QED) is 0.302. The molecule has 1 atom stereocenters. The van der Waals surface area contributed by atoms with Crippen molar-refractivity contribution in [3.63, 3.8) is 0 Å². The van der Waals surface area contributed by atoms with E-state index >= 15 is 0 Å². The van der Waals surface area contributed by atoms with Crippen LogP contribution >= 0.6 is 23.2 Å². The highest BCUT2D eigenvalue weighted by molar-refractivity contribution is 6.33. The van der Waals surface area contributed by atoms with E-state index in [2.05, 4.69) is 46.2 Å². The summed E-state index contributed by atoms with van der Waals surface area (Å²) in [6.07, 6.45) is 0. The van der Waals surface area contributed by atoms with Gasteiger partial charge in [-0.1, -0.05) is 65.7 Å². The van der Waals surface area contributed by atoms with Gasteiger partial charge in [-0.3, -0.25) is 4.90 Å². The second kappa shape index (κ2) is 11.5. The Bertz CT molecular complexity index is 1170. The van der Waals surface area contributed by atoms with E-state index < -0.39 is 11.6 Å². The van der Waals surface area contributed by atoms with Gasteiger partial charge in [0, 0.05) is 37.3 Å². The van der Waals surface area contributed by atoms with Crippen LogP contribution in [0.5, 0.6) is 5.75 Å². The molecule has 1 heterocycles. The molecule has 0 spiro atoms. The highest BCUT2D eigenvalue weighted by atomic mass is 35.5. The molecule has 1 fully saturated rings. The SMILES string of the molecule is CCOC(=O)C(C)(C)Oc1ccc(N2CCN(Cc3ccccc3)C[C@H]2c2ccc(Cl)cc2)c(Cl)c1. The van der Waals surface area contributed by atoms with Crippen LogP contribution in [0.15, 0.2) is 72.8 Å². The number of benzene rings is 3. The van der Waals surface area contributed by atoms with Crippen LogP contribution in [0, 0.1) is 0 Å². The van der Waals surface area contributed by atoms with Crippen molar-refractivity contribution in [3.8, 4) is 5.75 Å². The number of halogens is 2. The molecule has 190 valence electrons. The molecule has 4 rings (SSSR count). The highest BCUT2D eigenvalue weighted by Crippen LogP contribution is 2.38. The number of carbonyl (C=O) groups excluding carboxylic acids is 1. The summed E-state index contributed by atoms with van der Waals surface area (Å²) >= 11 is 13.0. The number of esters is 1.